The van der Waals surface area contributed by atoms with Gasteiger partial charge in [-0.1, -0.05) is 30.3 Å². The van der Waals surface area contributed by atoms with Gasteiger partial charge in [0, 0.05) is 0 Å². The van der Waals surface area contributed by atoms with Crippen LogP contribution in [0.4, 0.5) is 9.18 Å². The molecule has 0 saturated carbocycles. The third-order valence-electron chi connectivity index (χ3n) is 2.57. The molecule has 0 heterocycles. The Balaban J connectivity index is 2.50. The lowest BCUT2D eigenvalue weighted by Crippen LogP contribution is -2.42. The highest BCUT2D eigenvalue weighted by Gasteiger charge is 2.27. The van der Waals surface area contributed by atoms with Gasteiger partial charge < -0.3 is 14.8 Å². The molecule has 1 aromatic carbocycles. The van der Waals surface area contributed by atoms with Gasteiger partial charge in [-0.2, -0.15) is 4.39 Å². The van der Waals surface area contributed by atoms with Gasteiger partial charge in [0.15, 0.2) is 0 Å². The summed E-state index contributed by atoms with van der Waals surface area (Å²) in [5, 5.41) is 2.02. The molecule has 0 aliphatic heterocycles. The van der Waals surface area contributed by atoms with Crippen molar-refractivity contribution in [2.45, 2.75) is 45.4 Å². The summed E-state index contributed by atoms with van der Waals surface area (Å²) in [6.45, 7) is 4.88. The number of carbonyl (C=O) groups is 3. The van der Waals surface area contributed by atoms with Gasteiger partial charge in [0.25, 0.3) is 0 Å². The van der Waals surface area contributed by atoms with Gasteiger partial charge in [0.05, 0.1) is 6.42 Å². The van der Waals surface area contributed by atoms with E-state index in [1.165, 1.54) is 0 Å². The highest BCUT2D eigenvalue weighted by Crippen LogP contribution is 2.10. The van der Waals surface area contributed by atoms with E-state index >= 15 is 0 Å². The molecule has 0 radical (unpaired) electrons. The fraction of sp³-hybridized carbons (Fsp3) is 0.438. The fourth-order valence-corrected chi connectivity index (χ4v) is 1.64. The number of halogens is 1. The molecular formula is C16H20FNO5. The molecule has 0 aliphatic rings. The molecule has 1 rings (SSSR count). The van der Waals surface area contributed by atoms with Crippen LogP contribution in [0.1, 0.15) is 32.8 Å². The Morgan fingerprint density at radius 3 is 2.30 bits per heavy atom. The summed E-state index contributed by atoms with van der Waals surface area (Å²) in [4.78, 5) is 34.1. The van der Waals surface area contributed by atoms with Gasteiger partial charge in [0.1, 0.15) is 18.2 Å². The van der Waals surface area contributed by atoms with Crippen molar-refractivity contribution >= 4 is 18.1 Å². The average Bonchev–Trinajstić information content (AvgIpc) is 2.43. The van der Waals surface area contributed by atoms with Crippen molar-refractivity contribution in [1.82, 2.24) is 5.32 Å². The third kappa shape index (κ3) is 7.94. The molecule has 6 nitrogen and oxygen atoms in total. The molecule has 1 amide bonds. The maximum atomic E-state index is 13.0. The third-order valence-corrected chi connectivity index (χ3v) is 2.57. The van der Waals surface area contributed by atoms with Gasteiger partial charge in [-0.15, -0.1) is 0 Å². The lowest BCUT2D eigenvalue weighted by Gasteiger charge is -2.21. The van der Waals surface area contributed by atoms with E-state index in [4.69, 9.17) is 9.47 Å². The van der Waals surface area contributed by atoms with Crippen LogP contribution in [0.5, 0.6) is 0 Å². The molecule has 1 aromatic rings. The molecule has 126 valence electrons. The predicted octanol–water partition coefficient (Wildman–Crippen LogP) is 2.51. The number of nitrogens with one attached hydrogen (secondary N) is 1. The number of rotatable bonds is 6. The summed E-state index contributed by atoms with van der Waals surface area (Å²) < 4.78 is 22.8. The van der Waals surface area contributed by atoms with Crippen LogP contribution in [0, 0.1) is 0 Å². The second-order valence-corrected chi connectivity index (χ2v) is 5.85. The number of benzene rings is 1. The highest BCUT2D eigenvalue weighted by molar-refractivity contribution is 5.85. The maximum Gasteiger partial charge on any atom is 0.408 e. The lowest BCUT2D eigenvalue weighted by molar-refractivity contribution is -0.157. The summed E-state index contributed by atoms with van der Waals surface area (Å²) >= 11 is 0. The Hall–Kier alpha value is -2.44. The molecular weight excluding hydrogens is 305 g/mol. The number of hydrogen-bond donors (Lipinski definition) is 1. The zero-order valence-corrected chi connectivity index (χ0v) is 13.3. The zero-order valence-electron chi connectivity index (χ0n) is 13.3. The van der Waals surface area contributed by atoms with Gasteiger partial charge in [-0.25, -0.2) is 4.79 Å². The second-order valence-electron chi connectivity index (χ2n) is 5.85. The minimum Gasteiger partial charge on any atom is -0.460 e. The number of ether oxygens (including phenoxy) is 2. The van der Waals surface area contributed by atoms with E-state index in [-0.39, 0.29) is 6.61 Å². The summed E-state index contributed by atoms with van der Waals surface area (Å²) in [5.41, 5.74) is -0.0349. The molecule has 23 heavy (non-hydrogen) atoms. The van der Waals surface area contributed by atoms with E-state index in [1.54, 1.807) is 45.0 Å². The first-order valence-corrected chi connectivity index (χ1v) is 7.06. The molecule has 0 spiro atoms. The topological polar surface area (TPSA) is 81.7 Å². The Bertz CT molecular complexity index is 553. The van der Waals surface area contributed by atoms with Crippen LogP contribution in [-0.2, 0) is 25.7 Å². The van der Waals surface area contributed by atoms with E-state index in [9.17, 15) is 18.8 Å². The molecule has 1 atom stereocenters. The molecule has 0 fully saturated rings. The summed E-state index contributed by atoms with van der Waals surface area (Å²) in [7, 11) is 0. The Labute approximate surface area is 134 Å². The SMILES string of the molecule is CC(C)(C)OC(=O)C[C@H](NC(=O)OCc1ccccc1)C(=O)F. The average molecular weight is 325 g/mol. The van der Waals surface area contributed by atoms with Crippen molar-refractivity contribution in [3.8, 4) is 0 Å². The first kappa shape index (κ1) is 18.6. The Morgan fingerprint density at radius 2 is 1.78 bits per heavy atom. The minimum atomic E-state index is -1.84. The van der Waals surface area contributed by atoms with Crippen molar-refractivity contribution in [3.63, 3.8) is 0 Å². The number of hydrogen-bond acceptors (Lipinski definition) is 5. The fourth-order valence-electron chi connectivity index (χ4n) is 1.64. The van der Waals surface area contributed by atoms with Gasteiger partial charge in [0.2, 0.25) is 0 Å². The minimum absolute atomic E-state index is 0.0354. The van der Waals surface area contributed by atoms with Gasteiger partial charge in [-0.3, -0.25) is 9.59 Å². The summed E-state index contributed by atoms with van der Waals surface area (Å²) in [5.74, 6) is -0.795. The quantitative estimate of drug-likeness (QED) is 0.642. The maximum absolute atomic E-state index is 13.0. The van der Waals surface area contributed by atoms with Crippen molar-refractivity contribution in [2.75, 3.05) is 0 Å². The van der Waals surface area contributed by atoms with E-state index in [2.05, 4.69) is 0 Å². The van der Waals surface area contributed by atoms with Crippen molar-refractivity contribution < 1.29 is 28.2 Å². The van der Waals surface area contributed by atoms with Crippen LogP contribution in [-0.4, -0.2) is 29.7 Å². The van der Waals surface area contributed by atoms with Crippen molar-refractivity contribution in [1.29, 1.82) is 0 Å². The Kier molecular flexibility index (Phi) is 6.68. The first-order valence-electron chi connectivity index (χ1n) is 7.06. The molecule has 1 N–H and O–H groups in total. The van der Waals surface area contributed by atoms with E-state index < -0.39 is 36.2 Å². The Morgan fingerprint density at radius 1 is 1.17 bits per heavy atom. The molecule has 0 aromatic heterocycles. The van der Waals surface area contributed by atoms with E-state index in [0.717, 1.165) is 5.56 Å². The van der Waals surface area contributed by atoms with Crippen molar-refractivity contribution in [2.24, 2.45) is 0 Å². The summed E-state index contributed by atoms with van der Waals surface area (Å²) in [6.07, 6.45) is -1.60. The molecule has 7 heteroatoms. The van der Waals surface area contributed by atoms with E-state index in [1.807, 2.05) is 11.4 Å². The number of amides is 1. The largest absolute Gasteiger partial charge is 0.460 e. The standard InChI is InChI=1S/C16H20FNO5/c1-16(2,3)23-13(19)9-12(14(17)20)18-15(21)22-10-11-7-5-4-6-8-11/h4-8,12H,9-10H2,1-3H3,(H,18,21)/t12-/m0/s1. The molecule has 0 bridgehead atoms. The monoisotopic (exact) mass is 325 g/mol. The molecule has 0 aliphatic carbocycles. The van der Waals surface area contributed by atoms with Crippen LogP contribution >= 0.6 is 0 Å². The van der Waals surface area contributed by atoms with Gasteiger partial charge >= 0.3 is 18.1 Å². The smallest absolute Gasteiger partial charge is 0.408 e. The van der Waals surface area contributed by atoms with Gasteiger partial charge in [-0.05, 0) is 26.3 Å². The zero-order chi connectivity index (χ0) is 17.5. The van der Waals surface area contributed by atoms with E-state index in [0.29, 0.717) is 0 Å². The number of carbonyl (C=O) groups excluding carboxylic acids is 3. The van der Waals surface area contributed by atoms with Crippen LogP contribution < -0.4 is 5.32 Å². The number of esters is 1. The molecule has 0 saturated heterocycles. The van der Waals surface area contributed by atoms with Crippen LogP contribution in [0.15, 0.2) is 30.3 Å². The predicted molar refractivity (Wildman–Crippen MR) is 80.1 cm³/mol. The van der Waals surface area contributed by atoms with Crippen LogP contribution in [0.3, 0.4) is 0 Å². The highest BCUT2D eigenvalue weighted by atomic mass is 19.1. The lowest BCUT2D eigenvalue weighted by atomic mass is 10.2. The van der Waals surface area contributed by atoms with Crippen LogP contribution in [0.25, 0.3) is 0 Å². The normalized spacial score (nSPS) is 12.2. The summed E-state index contributed by atoms with van der Waals surface area (Å²) in [6, 6.07) is 5.36. The second kappa shape index (κ2) is 8.26. The first-order chi connectivity index (χ1) is 10.7. The van der Waals surface area contributed by atoms with Crippen LogP contribution in [0.2, 0.25) is 0 Å². The van der Waals surface area contributed by atoms with Crippen molar-refractivity contribution in [3.05, 3.63) is 35.9 Å². The number of alkyl carbamates (subject to hydrolysis) is 1. The molecule has 0 unspecified atom stereocenters.